The molecule has 0 bridgehead atoms. The first-order chi connectivity index (χ1) is 12.2. The number of aromatic amines is 1. The Morgan fingerprint density at radius 1 is 1.32 bits per heavy atom. The number of aliphatic hydroxyl groups is 1. The summed E-state index contributed by atoms with van der Waals surface area (Å²) < 4.78 is 7.50. The van der Waals surface area contributed by atoms with E-state index in [4.69, 9.17) is 9.84 Å². The van der Waals surface area contributed by atoms with Gasteiger partial charge in [-0.05, 0) is 19.9 Å². The number of hydrogen-bond acceptors (Lipinski definition) is 7. The number of fused-ring (bicyclic) bond motifs is 1. The standard InChI is InChI=1S/C16H23N7O2/c1-3-25-15-12-4-5-18-14(12)21-16(22-15)20-13-10-19-23(11(13)2)8-6-17-7-9-24/h4-5,10,17,24H,3,6-9H2,1-2H3,(H2,18,20,21,22). The zero-order valence-electron chi connectivity index (χ0n) is 14.4. The summed E-state index contributed by atoms with van der Waals surface area (Å²) in [5, 5.41) is 20.4. The maximum atomic E-state index is 8.78. The molecule has 0 aromatic carbocycles. The molecule has 0 spiro atoms. The third-order valence-electron chi connectivity index (χ3n) is 3.80. The summed E-state index contributed by atoms with van der Waals surface area (Å²) in [6.07, 6.45) is 3.57. The molecule has 0 amide bonds. The lowest BCUT2D eigenvalue weighted by Gasteiger charge is -2.09. The monoisotopic (exact) mass is 345 g/mol. The van der Waals surface area contributed by atoms with Crippen molar-refractivity contribution in [2.24, 2.45) is 0 Å². The number of rotatable bonds is 9. The fraction of sp³-hybridized carbons (Fsp3) is 0.438. The SMILES string of the molecule is CCOc1nc(Nc2cnn(CCNCCO)c2C)nc2[nH]ccc12. The van der Waals surface area contributed by atoms with Gasteiger partial charge in [0.15, 0.2) is 0 Å². The van der Waals surface area contributed by atoms with E-state index in [-0.39, 0.29) is 6.61 Å². The molecule has 0 atom stereocenters. The molecule has 0 saturated heterocycles. The molecule has 9 heteroatoms. The number of anilines is 2. The Labute approximate surface area is 145 Å². The van der Waals surface area contributed by atoms with Crippen molar-refractivity contribution in [3.8, 4) is 5.88 Å². The summed E-state index contributed by atoms with van der Waals surface area (Å²) in [5.41, 5.74) is 2.55. The molecule has 9 nitrogen and oxygen atoms in total. The van der Waals surface area contributed by atoms with Crippen LogP contribution in [-0.4, -0.2) is 56.1 Å². The molecule has 134 valence electrons. The van der Waals surface area contributed by atoms with E-state index in [0.29, 0.717) is 31.5 Å². The number of aromatic nitrogens is 5. The minimum Gasteiger partial charge on any atom is -0.477 e. The number of aliphatic hydroxyl groups excluding tert-OH is 1. The average molecular weight is 345 g/mol. The van der Waals surface area contributed by atoms with E-state index in [1.807, 2.05) is 30.8 Å². The molecule has 3 aromatic rings. The predicted octanol–water partition coefficient (Wildman–Crippen LogP) is 1.19. The van der Waals surface area contributed by atoms with Crippen LogP contribution in [-0.2, 0) is 6.54 Å². The van der Waals surface area contributed by atoms with Crippen molar-refractivity contribution in [2.75, 3.05) is 31.6 Å². The van der Waals surface area contributed by atoms with E-state index in [9.17, 15) is 0 Å². The third kappa shape index (κ3) is 3.89. The highest BCUT2D eigenvalue weighted by atomic mass is 16.5. The van der Waals surface area contributed by atoms with Crippen LogP contribution in [0.1, 0.15) is 12.6 Å². The number of ether oxygens (including phenoxy) is 1. The van der Waals surface area contributed by atoms with Crippen molar-refractivity contribution in [1.29, 1.82) is 0 Å². The fourth-order valence-corrected chi connectivity index (χ4v) is 2.52. The zero-order valence-corrected chi connectivity index (χ0v) is 14.4. The Hall–Kier alpha value is -2.65. The maximum absolute atomic E-state index is 8.78. The normalized spacial score (nSPS) is 11.2. The van der Waals surface area contributed by atoms with Crippen LogP contribution in [0.15, 0.2) is 18.5 Å². The van der Waals surface area contributed by atoms with Gasteiger partial charge in [0, 0.05) is 19.3 Å². The first kappa shape index (κ1) is 17.2. The number of nitrogens with one attached hydrogen (secondary N) is 3. The van der Waals surface area contributed by atoms with Gasteiger partial charge in [-0.1, -0.05) is 0 Å². The van der Waals surface area contributed by atoms with E-state index in [2.05, 4.69) is 30.7 Å². The van der Waals surface area contributed by atoms with Gasteiger partial charge < -0.3 is 25.5 Å². The number of nitrogens with zero attached hydrogens (tertiary/aromatic N) is 4. The Morgan fingerprint density at radius 2 is 2.20 bits per heavy atom. The highest BCUT2D eigenvalue weighted by Crippen LogP contribution is 2.25. The van der Waals surface area contributed by atoms with E-state index in [0.717, 1.165) is 29.0 Å². The van der Waals surface area contributed by atoms with Crippen molar-refractivity contribution in [1.82, 2.24) is 30.0 Å². The van der Waals surface area contributed by atoms with E-state index >= 15 is 0 Å². The second-order valence-electron chi connectivity index (χ2n) is 5.49. The molecular weight excluding hydrogens is 322 g/mol. The van der Waals surface area contributed by atoms with E-state index in [1.54, 1.807) is 6.20 Å². The Balaban J connectivity index is 1.76. The second kappa shape index (κ2) is 7.95. The molecule has 0 aliphatic carbocycles. The largest absolute Gasteiger partial charge is 0.477 e. The van der Waals surface area contributed by atoms with Gasteiger partial charge in [0.25, 0.3) is 0 Å². The van der Waals surface area contributed by atoms with Crippen molar-refractivity contribution in [3.63, 3.8) is 0 Å². The molecule has 3 heterocycles. The van der Waals surface area contributed by atoms with Crippen LogP contribution < -0.4 is 15.4 Å². The highest BCUT2D eigenvalue weighted by Gasteiger charge is 2.12. The molecule has 3 rings (SSSR count). The predicted molar refractivity (Wildman–Crippen MR) is 95.3 cm³/mol. The number of hydrogen-bond donors (Lipinski definition) is 4. The minimum atomic E-state index is 0.131. The lowest BCUT2D eigenvalue weighted by Crippen LogP contribution is -2.23. The van der Waals surface area contributed by atoms with Crippen LogP contribution in [0, 0.1) is 6.92 Å². The Kier molecular flexibility index (Phi) is 5.46. The maximum Gasteiger partial charge on any atom is 0.232 e. The van der Waals surface area contributed by atoms with Gasteiger partial charge in [-0.15, -0.1) is 0 Å². The molecule has 0 unspecified atom stereocenters. The second-order valence-corrected chi connectivity index (χ2v) is 5.49. The first-order valence-corrected chi connectivity index (χ1v) is 8.32. The van der Waals surface area contributed by atoms with Gasteiger partial charge in [0.05, 0.1) is 42.7 Å². The summed E-state index contributed by atoms with van der Waals surface area (Å²) >= 11 is 0. The van der Waals surface area contributed by atoms with Gasteiger partial charge in [0.1, 0.15) is 5.65 Å². The van der Waals surface area contributed by atoms with Crippen LogP contribution in [0.2, 0.25) is 0 Å². The van der Waals surface area contributed by atoms with Gasteiger partial charge in [0.2, 0.25) is 11.8 Å². The van der Waals surface area contributed by atoms with Crippen molar-refractivity contribution in [2.45, 2.75) is 20.4 Å². The first-order valence-electron chi connectivity index (χ1n) is 8.32. The molecule has 0 saturated carbocycles. The van der Waals surface area contributed by atoms with Crippen LogP contribution in [0.3, 0.4) is 0 Å². The zero-order chi connectivity index (χ0) is 17.6. The molecule has 0 fully saturated rings. The average Bonchev–Trinajstić information content (AvgIpc) is 3.20. The van der Waals surface area contributed by atoms with Gasteiger partial charge in [-0.25, -0.2) is 0 Å². The quantitative estimate of drug-likeness (QED) is 0.431. The summed E-state index contributed by atoms with van der Waals surface area (Å²) in [6, 6.07) is 1.90. The van der Waals surface area contributed by atoms with Crippen LogP contribution in [0.25, 0.3) is 11.0 Å². The third-order valence-corrected chi connectivity index (χ3v) is 3.80. The summed E-state index contributed by atoms with van der Waals surface area (Å²) in [5.74, 6) is 1.01. The smallest absolute Gasteiger partial charge is 0.232 e. The van der Waals surface area contributed by atoms with Crippen molar-refractivity contribution in [3.05, 3.63) is 24.2 Å². The topological polar surface area (TPSA) is 113 Å². The molecular formula is C16H23N7O2. The lowest BCUT2D eigenvalue weighted by atomic mass is 10.4. The molecule has 25 heavy (non-hydrogen) atoms. The molecule has 3 aromatic heterocycles. The molecule has 0 radical (unpaired) electrons. The van der Waals surface area contributed by atoms with Gasteiger partial charge in [-0.3, -0.25) is 4.68 Å². The fourth-order valence-electron chi connectivity index (χ4n) is 2.52. The molecule has 0 aliphatic rings. The van der Waals surface area contributed by atoms with E-state index < -0.39 is 0 Å². The minimum absolute atomic E-state index is 0.131. The Morgan fingerprint density at radius 3 is 3.00 bits per heavy atom. The van der Waals surface area contributed by atoms with Crippen LogP contribution in [0.5, 0.6) is 5.88 Å². The lowest BCUT2D eigenvalue weighted by molar-refractivity contribution is 0.291. The summed E-state index contributed by atoms with van der Waals surface area (Å²) in [7, 11) is 0. The number of H-pyrrole nitrogens is 1. The summed E-state index contributed by atoms with van der Waals surface area (Å²) in [4.78, 5) is 12.0. The van der Waals surface area contributed by atoms with Crippen molar-refractivity contribution < 1.29 is 9.84 Å². The van der Waals surface area contributed by atoms with Crippen LogP contribution >= 0.6 is 0 Å². The van der Waals surface area contributed by atoms with Gasteiger partial charge in [-0.2, -0.15) is 15.1 Å². The van der Waals surface area contributed by atoms with Crippen molar-refractivity contribution >= 4 is 22.7 Å². The summed E-state index contributed by atoms with van der Waals surface area (Å²) in [6.45, 7) is 6.61. The van der Waals surface area contributed by atoms with E-state index in [1.165, 1.54) is 0 Å². The van der Waals surface area contributed by atoms with Gasteiger partial charge >= 0.3 is 0 Å². The van der Waals surface area contributed by atoms with Crippen LogP contribution in [0.4, 0.5) is 11.6 Å². The Bertz CT molecular complexity index is 827. The molecule has 0 aliphatic heterocycles. The highest BCUT2D eigenvalue weighted by molar-refractivity contribution is 5.82. The molecule has 4 N–H and O–H groups in total.